The van der Waals surface area contributed by atoms with Gasteiger partial charge in [-0.1, -0.05) is 51.4 Å². The van der Waals surface area contributed by atoms with Gasteiger partial charge in [0.05, 0.1) is 14.7 Å². The fourth-order valence-corrected chi connectivity index (χ4v) is 6.52. The summed E-state index contributed by atoms with van der Waals surface area (Å²) < 4.78 is 4.83. The van der Waals surface area contributed by atoms with Crippen LogP contribution in [0.4, 0.5) is 0 Å². The van der Waals surface area contributed by atoms with Crippen molar-refractivity contribution < 1.29 is 14.3 Å². The van der Waals surface area contributed by atoms with E-state index in [0.717, 1.165) is 12.8 Å². The highest BCUT2D eigenvalue weighted by Crippen LogP contribution is 2.27. The SMILES string of the molecule is CC[Si](CC)(CC)CCCCC(=O)NC1CCOC1=O. The molecule has 0 bridgehead atoms. The predicted octanol–water partition coefficient (Wildman–Crippen LogP) is 3.10. The third-order valence-electron chi connectivity index (χ3n) is 4.88. The molecule has 4 nitrogen and oxygen atoms in total. The molecule has 0 radical (unpaired) electrons. The molecule has 116 valence electrons. The summed E-state index contributed by atoms with van der Waals surface area (Å²) in [5, 5.41) is 2.77. The molecule has 0 aromatic rings. The van der Waals surface area contributed by atoms with Gasteiger partial charge in [-0.3, -0.25) is 4.79 Å². The van der Waals surface area contributed by atoms with Gasteiger partial charge in [0.15, 0.2) is 0 Å². The normalized spacial score (nSPS) is 18.9. The van der Waals surface area contributed by atoms with Crippen LogP contribution in [0.2, 0.25) is 24.2 Å². The molecule has 0 aliphatic carbocycles. The molecule has 20 heavy (non-hydrogen) atoms. The molecule has 1 unspecified atom stereocenters. The van der Waals surface area contributed by atoms with Crippen molar-refractivity contribution in [3.8, 4) is 0 Å². The van der Waals surface area contributed by atoms with Crippen LogP contribution < -0.4 is 5.32 Å². The van der Waals surface area contributed by atoms with Crippen molar-refractivity contribution in [1.29, 1.82) is 0 Å². The summed E-state index contributed by atoms with van der Waals surface area (Å²) in [5.41, 5.74) is 0. The Bertz CT molecular complexity index is 321. The Morgan fingerprint density at radius 2 is 1.90 bits per heavy atom. The topological polar surface area (TPSA) is 55.4 Å². The van der Waals surface area contributed by atoms with Gasteiger partial charge < -0.3 is 10.1 Å². The van der Waals surface area contributed by atoms with Crippen LogP contribution in [-0.4, -0.2) is 32.6 Å². The van der Waals surface area contributed by atoms with Gasteiger partial charge in [-0.25, -0.2) is 4.79 Å². The fourth-order valence-electron chi connectivity index (χ4n) is 2.96. The number of nitrogens with one attached hydrogen (secondary N) is 1. The van der Waals surface area contributed by atoms with E-state index < -0.39 is 14.1 Å². The maximum atomic E-state index is 11.8. The minimum Gasteiger partial charge on any atom is -0.464 e. The summed E-state index contributed by atoms with van der Waals surface area (Å²) in [6.45, 7) is 7.38. The van der Waals surface area contributed by atoms with E-state index in [9.17, 15) is 9.59 Å². The van der Waals surface area contributed by atoms with Gasteiger partial charge in [0.25, 0.3) is 0 Å². The van der Waals surface area contributed by atoms with E-state index in [1.54, 1.807) is 0 Å². The zero-order valence-corrected chi connectivity index (χ0v) is 14.2. The highest BCUT2D eigenvalue weighted by atomic mass is 28.3. The van der Waals surface area contributed by atoms with Gasteiger partial charge in [0.2, 0.25) is 5.91 Å². The van der Waals surface area contributed by atoms with Gasteiger partial charge in [0, 0.05) is 12.8 Å². The summed E-state index contributed by atoms with van der Waals surface area (Å²) in [7, 11) is -1.04. The minimum atomic E-state index is -1.04. The number of rotatable bonds is 9. The maximum absolute atomic E-state index is 11.8. The molecular weight excluding hydrogens is 270 g/mol. The summed E-state index contributed by atoms with van der Waals surface area (Å²) in [4.78, 5) is 23.0. The highest BCUT2D eigenvalue weighted by molar-refractivity contribution is 6.79. The molecule has 1 N–H and O–H groups in total. The minimum absolute atomic E-state index is 0.00869. The standard InChI is InChI=1S/C15H29NO3Si/c1-4-20(5-2,6-3)12-8-7-9-14(17)16-13-10-11-19-15(13)18/h13H,4-12H2,1-3H3,(H,16,17). The monoisotopic (exact) mass is 299 g/mol. The second-order valence-corrected chi connectivity index (χ2v) is 11.5. The largest absolute Gasteiger partial charge is 0.464 e. The zero-order valence-electron chi connectivity index (χ0n) is 13.2. The summed E-state index contributed by atoms with van der Waals surface area (Å²) in [6, 6.07) is 4.97. The average Bonchev–Trinajstić information content (AvgIpc) is 2.85. The van der Waals surface area contributed by atoms with E-state index in [0.29, 0.717) is 19.4 Å². The summed E-state index contributed by atoms with van der Waals surface area (Å²) in [6.07, 6.45) is 3.22. The lowest BCUT2D eigenvalue weighted by atomic mass is 10.2. The van der Waals surface area contributed by atoms with Gasteiger partial charge in [0.1, 0.15) is 6.04 Å². The van der Waals surface area contributed by atoms with Crippen molar-refractivity contribution >= 4 is 20.0 Å². The number of hydrogen-bond donors (Lipinski definition) is 1. The Balaban J connectivity index is 2.20. The predicted molar refractivity (Wildman–Crippen MR) is 83.4 cm³/mol. The Hall–Kier alpha value is -0.843. The Labute approximate surface area is 123 Å². The van der Waals surface area contributed by atoms with Gasteiger partial charge in [-0.05, 0) is 6.42 Å². The van der Waals surface area contributed by atoms with Crippen LogP contribution in [-0.2, 0) is 14.3 Å². The van der Waals surface area contributed by atoms with Gasteiger partial charge in [-0.2, -0.15) is 0 Å². The van der Waals surface area contributed by atoms with Crippen molar-refractivity contribution in [3.63, 3.8) is 0 Å². The maximum Gasteiger partial charge on any atom is 0.328 e. The van der Waals surface area contributed by atoms with Crippen molar-refractivity contribution in [1.82, 2.24) is 5.32 Å². The van der Waals surface area contributed by atoms with E-state index in [-0.39, 0.29) is 11.9 Å². The number of unbranched alkanes of at least 4 members (excludes halogenated alkanes) is 1. The van der Waals surface area contributed by atoms with Crippen LogP contribution in [0.15, 0.2) is 0 Å². The molecule has 0 aromatic carbocycles. The molecule has 1 rings (SSSR count). The van der Waals surface area contributed by atoms with Crippen LogP contribution in [0.5, 0.6) is 0 Å². The number of hydrogen-bond acceptors (Lipinski definition) is 3. The highest BCUT2D eigenvalue weighted by Gasteiger charge is 2.28. The quantitative estimate of drug-likeness (QED) is 0.404. The lowest BCUT2D eigenvalue weighted by Gasteiger charge is -2.27. The van der Waals surface area contributed by atoms with Crippen LogP contribution in [0.3, 0.4) is 0 Å². The van der Waals surface area contributed by atoms with Gasteiger partial charge >= 0.3 is 5.97 Å². The first kappa shape index (κ1) is 17.2. The van der Waals surface area contributed by atoms with Crippen molar-refractivity contribution in [2.45, 2.75) is 76.7 Å². The van der Waals surface area contributed by atoms with Crippen molar-refractivity contribution in [2.75, 3.05) is 6.61 Å². The lowest BCUT2D eigenvalue weighted by Crippen LogP contribution is -2.37. The van der Waals surface area contributed by atoms with E-state index >= 15 is 0 Å². The van der Waals surface area contributed by atoms with Crippen molar-refractivity contribution in [3.05, 3.63) is 0 Å². The molecule has 1 fully saturated rings. The molecule has 5 heteroatoms. The molecule has 1 aliphatic heterocycles. The molecule has 1 saturated heterocycles. The van der Waals surface area contributed by atoms with Crippen LogP contribution in [0.1, 0.15) is 46.5 Å². The number of esters is 1. The molecule has 1 amide bonds. The van der Waals surface area contributed by atoms with E-state index in [1.807, 2.05) is 0 Å². The second kappa shape index (κ2) is 8.45. The molecule has 1 heterocycles. The molecular formula is C15H29NO3Si. The molecule has 0 spiro atoms. The molecule has 1 aliphatic rings. The van der Waals surface area contributed by atoms with E-state index in [1.165, 1.54) is 24.2 Å². The number of cyclic esters (lactones) is 1. The van der Waals surface area contributed by atoms with E-state index in [4.69, 9.17) is 4.74 Å². The first-order chi connectivity index (χ1) is 9.56. The Kier molecular flexibility index (Phi) is 7.27. The third-order valence-corrected chi connectivity index (χ3v) is 10.8. The molecule has 1 atom stereocenters. The number of ether oxygens (including phenoxy) is 1. The van der Waals surface area contributed by atoms with Gasteiger partial charge in [-0.15, -0.1) is 0 Å². The second-order valence-electron chi connectivity index (χ2n) is 5.84. The van der Waals surface area contributed by atoms with Crippen LogP contribution in [0.25, 0.3) is 0 Å². The third kappa shape index (κ3) is 4.92. The molecule has 0 aromatic heterocycles. The summed E-state index contributed by atoms with van der Waals surface area (Å²) >= 11 is 0. The smallest absolute Gasteiger partial charge is 0.328 e. The van der Waals surface area contributed by atoms with Crippen LogP contribution in [0, 0.1) is 0 Å². The van der Waals surface area contributed by atoms with Crippen molar-refractivity contribution in [2.24, 2.45) is 0 Å². The Morgan fingerprint density at radius 1 is 1.25 bits per heavy atom. The number of amides is 1. The van der Waals surface area contributed by atoms with E-state index in [2.05, 4.69) is 26.1 Å². The zero-order chi connectivity index (χ0) is 15.0. The lowest BCUT2D eigenvalue weighted by molar-refractivity contribution is -0.141. The fraction of sp³-hybridized carbons (Fsp3) is 0.867. The Morgan fingerprint density at radius 3 is 2.40 bits per heavy atom. The molecule has 0 saturated carbocycles. The number of carbonyl (C=O) groups is 2. The first-order valence-corrected chi connectivity index (χ1v) is 10.9. The number of carbonyl (C=O) groups excluding carboxylic acids is 2. The van der Waals surface area contributed by atoms with Crippen LogP contribution >= 0.6 is 0 Å². The summed E-state index contributed by atoms with van der Waals surface area (Å²) in [5.74, 6) is -0.293. The average molecular weight is 299 g/mol. The first-order valence-electron chi connectivity index (χ1n) is 8.03.